The Morgan fingerprint density at radius 2 is 2.12 bits per heavy atom. The summed E-state index contributed by atoms with van der Waals surface area (Å²) < 4.78 is 0. The minimum atomic E-state index is -0.433. The van der Waals surface area contributed by atoms with Crippen LogP contribution in [-0.2, 0) is 4.79 Å². The maximum atomic E-state index is 12.2. The SMILES string of the molecule is CCC(C)(CN)C(=O)N(C)CC1CC(O)C1. The third-order valence-electron chi connectivity index (χ3n) is 3.84. The van der Waals surface area contributed by atoms with Crippen molar-refractivity contribution in [3.8, 4) is 0 Å². The van der Waals surface area contributed by atoms with E-state index in [-0.39, 0.29) is 12.0 Å². The van der Waals surface area contributed by atoms with Gasteiger partial charge in [0.1, 0.15) is 0 Å². The van der Waals surface area contributed by atoms with Gasteiger partial charge in [-0.2, -0.15) is 0 Å². The molecule has 0 spiro atoms. The monoisotopic (exact) mass is 228 g/mol. The number of aliphatic hydroxyl groups excluding tert-OH is 1. The van der Waals surface area contributed by atoms with Gasteiger partial charge in [0.05, 0.1) is 11.5 Å². The molecule has 1 fully saturated rings. The number of carbonyl (C=O) groups excluding carboxylic acids is 1. The molecule has 1 amide bonds. The summed E-state index contributed by atoms with van der Waals surface area (Å²) in [5, 5.41) is 9.20. The van der Waals surface area contributed by atoms with Crippen LogP contribution < -0.4 is 5.73 Å². The first kappa shape index (κ1) is 13.5. The molecule has 1 rings (SSSR count). The van der Waals surface area contributed by atoms with Gasteiger partial charge in [-0.1, -0.05) is 6.92 Å². The van der Waals surface area contributed by atoms with E-state index in [0.29, 0.717) is 12.5 Å². The van der Waals surface area contributed by atoms with Crippen molar-refractivity contribution in [2.45, 2.75) is 39.2 Å². The molecule has 1 aliphatic carbocycles. The van der Waals surface area contributed by atoms with Crippen molar-refractivity contribution in [2.24, 2.45) is 17.1 Å². The lowest BCUT2D eigenvalue weighted by atomic mass is 9.81. The van der Waals surface area contributed by atoms with E-state index in [0.717, 1.165) is 25.8 Å². The lowest BCUT2D eigenvalue weighted by molar-refractivity contribution is -0.141. The van der Waals surface area contributed by atoms with Gasteiger partial charge in [0.25, 0.3) is 0 Å². The van der Waals surface area contributed by atoms with E-state index in [1.807, 2.05) is 20.9 Å². The highest BCUT2D eigenvalue weighted by Crippen LogP contribution is 2.29. The van der Waals surface area contributed by atoms with Crippen molar-refractivity contribution in [3.63, 3.8) is 0 Å². The number of nitrogens with two attached hydrogens (primary N) is 1. The molecule has 0 radical (unpaired) electrons. The largest absolute Gasteiger partial charge is 0.393 e. The molecule has 1 unspecified atom stereocenters. The van der Waals surface area contributed by atoms with Gasteiger partial charge in [-0.3, -0.25) is 4.79 Å². The number of amides is 1. The van der Waals surface area contributed by atoms with Gasteiger partial charge in [0.2, 0.25) is 5.91 Å². The van der Waals surface area contributed by atoms with E-state index in [2.05, 4.69) is 0 Å². The fraction of sp³-hybridized carbons (Fsp3) is 0.917. The highest BCUT2D eigenvalue weighted by molar-refractivity contribution is 5.82. The van der Waals surface area contributed by atoms with Crippen LogP contribution in [0.3, 0.4) is 0 Å². The molecular weight excluding hydrogens is 204 g/mol. The number of nitrogens with zero attached hydrogens (tertiary/aromatic N) is 1. The van der Waals surface area contributed by atoms with E-state index in [1.54, 1.807) is 4.90 Å². The summed E-state index contributed by atoms with van der Waals surface area (Å²) in [6, 6.07) is 0. The Hall–Kier alpha value is -0.610. The summed E-state index contributed by atoms with van der Waals surface area (Å²) in [4.78, 5) is 13.9. The average molecular weight is 228 g/mol. The minimum Gasteiger partial charge on any atom is -0.393 e. The van der Waals surface area contributed by atoms with Gasteiger partial charge in [0, 0.05) is 20.1 Å². The molecule has 4 nitrogen and oxygen atoms in total. The van der Waals surface area contributed by atoms with Gasteiger partial charge in [-0.25, -0.2) is 0 Å². The van der Waals surface area contributed by atoms with Crippen molar-refractivity contribution in [2.75, 3.05) is 20.1 Å². The third kappa shape index (κ3) is 2.74. The summed E-state index contributed by atoms with van der Waals surface area (Å²) >= 11 is 0. The van der Waals surface area contributed by atoms with Crippen LogP contribution in [0.15, 0.2) is 0 Å². The second-order valence-corrected chi connectivity index (χ2v) is 5.30. The van der Waals surface area contributed by atoms with Crippen LogP contribution >= 0.6 is 0 Å². The Bertz CT molecular complexity index is 245. The molecule has 0 aromatic carbocycles. The molecule has 0 heterocycles. The maximum absolute atomic E-state index is 12.2. The van der Waals surface area contributed by atoms with E-state index >= 15 is 0 Å². The summed E-state index contributed by atoms with van der Waals surface area (Å²) in [6.07, 6.45) is 2.26. The predicted molar refractivity (Wildman–Crippen MR) is 63.8 cm³/mol. The van der Waals surface area contributed by atoms with Crippen molar-refractivity contribution in [1.82, 2.24) is 4.90 Å². The highest BCUT2D eigenvalue weighted by Gasteiger charge is 2.35. The van der Waals surface area contributed by atoms with E-state index in [9.17, 15) is 9.90 Å². The van der Waals surface area contributed by atoms with Gasteiger partial charge < -0.3 is 15.7 Å². The summed E-state index contributed by atoms with van der Waals surface area (Å²) in [5.41, 5.74) is 5.23. The first-order chi connectivity index (χ1) is 7.42. The zero-order valence-electron chi connectivity index (χ0n) is 10.6. The summed E-state index contributed by atoms with van der Waals surface area (Å²) in [5.74, 6) is 0.585. The highest BCUT2D eigenvalue weighted by atomic mass is 16.3. The fourth-order valence-corrected chi connectivity index (χ4v) is 2.16. The number of rotatable bonds is 5. The third-order valence-corrected chi connectivity index (χ3v) is 3.84. The molecule has 16 heavy (non-hydrogen) atoms. The molecule has 1 saturated carbocycles. The van der Waals surface area contributed by atoms with E-state index in [4.69, 9.17) is 5.73 Å². The van der Waals surface area contributed by atoms with Crippen LogP contribution in [0, 0.1) is 11.3 Å². The predicted octanol–water partition coefficient (Wildman–Crippen LogP) is 0.591. The van der Waals surface area contributed by atoms with Crippen LogP contribution in [0.2, 0.25) is 0 Å². The van der Waals surface area contributed by atoms with E-state index < -0.39 is 5.41 Å². The molecule has 0 aromatic heterocycles. The van der Waals surface area contributed by atoms with Gasteiger partial charge in [0.15, 0.2) is 0 Å². The molecule has 1 aliphatic rings. The summed E-state index contributed by atoms with van der Waals surface area (Å²) in [6.45, 7) is 5.04. The standard InChI is InChI=1S/C12H24N2O2/c1-4-12(2,8-13)11(16)14(3)7-9-5-10(15)6-9/h9-10,15H,4-8,13H2,1-3H3. The van der Waals surface area contributed by atoms with Crippen LogP contribution in [0.4, 0.5) is 0 Å². The normalized spacial score (nSPS) is 28.1. The van der Waals surface area contributed by atoms with E-state index in [1.165, 1.54) is 0 Å². The first-order valence-electron chi connectivity index (χ1n) is 6.06. The molecule has 0 aliphatic heterocycles. The Balaban J connectivity index is 2.46. The quantitative estimate of drug-likeness (QED) is 0.724. The second kappa shape index (κ2) is 5.15. The van der Waals surface area contributed by atoms with Crippen LogP contribution in [0.25, 0.3) is 0 Å². The van der Waals surface area contributed by atoms with Gasteiger partial charge in [-0.05, 0) is 32.1 Å². The first-order valence-corrected chi connectivity index (χ1v) is 6.06. The average Bonchev–Trinajstić information content (AvgIpc) is 2.24. The smallest absolute Gasteiger partial charge is 0.229 e. The zero-order valence-corrected chi connectivity index (χ0v) is 10.6. The second-order valence-electron chi connectivity index (χ2n) is 5.30. The van der Waals surface area contributed by atoms with Crippen LogP contribution in [-0.4, -0.2) is 42.2 Å². The van der Waals surface area contributed by atoms with Crippen molar-refractivity contribution >= 4 is 5.91 Å². The molecule has 4 heteroatoms. The molecule has 0 bridgehead atoms. The number of hydrogen-bond donors (Lipinski definition) is 2. The van der Waals surface area contributed by atoms with Crippen molar-refractivity contribution in [3.05, 3.63) is 0 Å². The maximum Gasteiger partial charge on any atom is 0.229 e. The van der Waals surface area contributed by atoms with Gasteiger partial charge >= 0.3 is 0 Å². The minimum absolute atomic E-state index is 0.124. The van der Waals surface area contributed by atoms with Crippen LogP contribution in [0.5, 0.6) is 0 Å². The lowest BCUT2D eigenvalue weighted by Gasteiger charge is -2.37. The molecular formula is C12H24N2O2. The van der Waals surface area contributed by atoms with Crippen molar-refractivity contribution < 1.29 is 9.90 Å². The molecule has 3 N–H and O–H groups in total. The number of hydrogen-bond acceptors (Lipinski definition) is 3. The lowest BCUT2D eigenvalue weighted by Crippen LogP contribution is -2.47. The van der Waals surface area contributed by atoms with Gasteiger partial charge in [-0.15, -0.1) is 0 Å². The van der Waals surface area contributed by atoms with Crippen molar-refractivity contribution in [1.29, 1.82) is 0 Å². The Kier molecular flexibility index (Phi) is 4.33. The van der Waals surface area contributed by atoms with Crippen LogP contribution in [0.1, 0.15) is 33.1 Å². The molecule has 0 aromatic rings. The topological polar surface area (TPSA) is 66.6 Å². The summed E-state index contributed by atoms with van der Waals surface area (Å²) in [7, 11) is 1.83. The Morgan fingerprint density at radius 1 is 1.56 bits per heavy atom. The zero-order chi connectivity index (χ0) is 12.3. The fourth-order valence-electron chi connectivity index (χ4n) is 2.16. The molecule has 0 saturated heterocycles. The number of aliphatic hydroxyl groups is 1. The number of carbonyl (C=O) groups is 1. The Labute approximate surface area is 97.8 Å². The molecule has 94 valence electrons. The Morgan fingerprint density at radius 3 is 2.50 bits per heavy atom. The molecule has 1 atom stereocenters.